The topological polar surface area (TPSA) is 47.9 Å². The summed E-state index contributed by atoms with van der Waals surface area (Å²) >= 11 is 1.74. The molecule has 4 nitrogen and oxygen atoms in total. The van der Waals surface area contributed by atoms with Gasteiger partial charge in [-0.2, -0.15) is 0 Å². The Hall–Kier alpha value is -4.97. The van der Waals surface area contributed by atoms with Gasteiger partial charge in [0.15, 0.2) is 5.60 Å². The highest BCUT2D eigenvalue weighted by Crippen LogP contribution is 2.67. The molecular formula is C52H52O4S. The highest BCUT2D eigenvalue weighted by molar-refractivity contribution is 7.99. The lowest BCUT2D eigenvalue weighted by Crippen LogP contribution is -2.44. The van der Waals surface area contributed by atoms with Gasteiger partial charge in [-0.1, -0.05) is 112 Å². The molecule has 57 heavy (non-hydrogen) atoms. The van der Waals surface area contributed by atoms with E-state index in [9.17, 15) is 5.11 Å². The number of hydrogen-bond acceptors (Lipinski definition) is 5. The minimum absolute atomic E-state index is 0.0652. The van der Waals surface area contributed by atoms with E-state index in [0.29, 0.717) is 0 Å². The van der Waals surface area contributed by atoms with Crippen LogP contribution in [0.3, 0.4) is 0 Å². The molecule has 0 aromatic heterocycles. The van der Waals surface area contributed by atoms with Gasteiger partial charge in [0.1, 0.15) is 17.2 Å². The molecule has 0 unspecified atom stereocenters. The molecular weight excluding hydrogens is 721 g/mol. The molecule has 0 amide bonds. The summed E-state index contributed by atoms with van der Waals surface area (Å²) in [7, 11) is 3.40. The standard InChI is InChI=1S/C52H52O4S/c1-32-12-11-13-33(2)48(32)57-44-27-42-41(26-34(44)28-53)45-39-14-9-10-15-43(39)51(30-49(3,4)29-50(5,6)31-51)46(45)40-24-25-52(56-47(40)42,35-16-20-37(54-7)21-17-35)36-18-22-38(55-8)23-19-36/h9-27,53H,28-31H2,1-8H3. The molecule has 0 radical (unpaired) electrons. The third kappa shape index (κ3) is 6.00. The molecule has 1 spiro atoms. The fourth-order valence-electron chi connectivity index (χ4n) is 11.2. The van der Waals surface area contributed by atoms with Gasteiger partial charge in [-0.3, -0.25) is 0 Å². The maximum absolute atomic E-state index is 11.1. The van der Waals surface area contributed by atoms with Crippen molar-refractivity contribution in [1.82, 2.24) is 0 Å². The molecule has 0 bridgehead atoms. The van der Waals surface area contributed by atoms with E-state index in [0.717, 1.165) is 74.4 Å². The molecule has 290 valence electrons. The molecule has 0 saturated heterocycles. The maximum Gasteiger partial charge on any atom is 0.178 e. The van der Waals surface area contributed by atoms with Crippen molar-refractivity contribution in [3.8, 4) is 28.4 Å². The number of ether oxygens (including phenoxy) is 3. The molecule has 3 aliphatic rings. The Kier molecular flexibility index (Phi) is 8.95. The van der Waals surface area contributed by atoms with Crippen molar-refractivity contribution in [2.24, 2.45) is 10.8 Å². The Balaban J connectivity index is 1.39. The second-order valence-corrected chi connectivity index (χ2v) is 19.1. The van der Waals surface area contributed by atoms with Crippen LogP contribution in [0.4, 0.5) is 0 Å². The van der Waals surface area contributed by atoms with Crippen molar-refractivity contribution in [2.75, 3.05) is 14.2 Å². The molecule has 1 aliphatic heterocycles. The number of aliphatic hydroxyl groups is 1. The highest BCUT2D eigenvalue weighted by Gasteiger charge is 2.55. The van der Waals surface area contributed by atoms with Crippen LogP contribution in [-0.4, -0.2) is 19.3 Å². The average molecular weight is 773 g/mol. The van der Waals surface area contributed by atoms with E-state index >= 15 is 0 Å². The van der Waals surface area contributed by atoms with Crippen LogP contribution >= 0.6 is 11.8 Å². The first-order chi connectivity index (χ1) is 27.3. The van der Waals surface area contributed by atoms with Gasteiger partial charge < -0.3 is 19.3 Å². The summed E-state index contributed by atoms with van der Waals surface area (Å²) < 4.78 is 19.0. The molecule has 2 aliphatic carbocycles. The van der Waals surface area contributed by atoms with Crippen LogP contribution in [0.25, 0.3) is 28.0 Å². The Morgan fingerprint density at radius 3 is 1.88 bits per heavy atom. The Bertz CT molecular complexity index is 2490. The van der Waals surface area contributed by atoms with Crippen LogP contribution < -0.4 is 14.2 Å². The summed E-state index contributed by atoms with van der Waals surface area (Å²) in [6.07, 6.45) is 7.87. The normalized spacial score (nSPS) is 17.8. The van der Waals surface area contributed by atoms with Gasteiger partial charge in [0.2, 0.25) is 0 Å². The van der Waals surface area contributed by atoms with Crippen LogP contribution in [0.15, 0.2) is 119 Å². The van der Waals surface area contributed by atoms with Crippen molar-refractivity contribution < 1.29 is 19.3 Å². The molecule has 0 atom stereocenters. The summed E-state index contributed by atoms with van der Waals surface area (Å²) in [5, 5.41) is 13.3. The number of aliphatic hydroxyl groups excluding tert-OH is 1. The van der Waals surface area contributed by atoms with Gasteiger partial charge in [-0.15, -0.1) is 0 Å². The zero-order valence-electron chi connectivity index (χ0n) is 34.4. The zero-order valence-corrected chi connectivity index (χ0v) is 35.2. The largest absolute Gasteiger partial charge is 0.497 e. The summed E-state index contributed by atoms with van der Waals surface area (Å²) in [4.78, 5) is 2.24. The molecule has 5 heteroatoms. The number of rotatable bonds is 7. The number of benzene rings is 6. The second-order valence-electron chi connectivity index (χ2n) is 18.1. The number of hydrogen-bond donors (Lipinski definition) is 1. The molecule has 1 heterocycles. The zero-order chi connectivity index (χ0) is 39.9. The first-order valence-corrected chi connectivity index (χ1v) is 20.9. The monoisotopic (exact) mass is 772 g/mol. The number of methoxy groups -OCH3 is 2. The van der Waals surface area contributed by atoms with Crippen molar-refractivity contribution >= 4 is 28.6 Å². The molecule has 6 aromatic rings. The van der Waals surface area contributed by atoms with E-state index in [2.05, 4.69) is 133 Å². The van der Waals surface area contributed by atoms with E-state index in [-0.39, 0.29) is 22.9 Å². The molecule has 1 N–H and O–H groups in total. The van der Waals surface area contributed by atoms with Crippen LogP contribution in [0.2, 0.25) is 0 Å². The van der Waals surface area contributed by atoms with Gasteiger partial charge in [0, 0.05) is 37.3 Å². The van der Waals surface area contributed by atoms with Gasteiger partial charge >= 0.3 is 0 Å². The van der Waals surface area contributed by atoms with Crippen molar-refractivity contribution in [3.63, 3.8) is 0 Å². The molecule has 9 rings (SSSR count). The summed E-state index contributed by atoms with van der Waals surface area (Å²) in [5.74, 6) is 2.46. The quantitative estimate of drug-likeness (QED) is 0.175. The van der Waals surface area contributed by atoms with Gasteiger partial charge in [-0.25, -0.2) is 0 Å². The van der Waals surface area contributed by atoms with Crippen molar-refractivity contribution in [2.45, 2.75) is 88.2 Å². The first-order valence-electron chi connectivity index (χ1n) is 20.1. The van der Waals surface area contributed by atoms with E-state index in [4.69, 9.17) is 14.2 Å². The minimum Gasteiger partial charge on any atom is -0.497 e. The third-order valence-corrected chi connectivity index (χ3v) is 14.2. The van der Waals surface area contributed by atoms with Crippen molar-refractivity contribution in [1.29, 1.82) is 0 Å². The Morgan fingerprint density at radius 2 is 1.30 bits per heavy atom. The van der Waals surface area contributed by atoms with Gasteiger partial charge in [0.25, 0.3) is 0 Å². The van der Waals surface area contributed by atoms with E-state index in [1.54, 1.807) is 26.0 Å². The second kappa shape index (κ2) is 13.6. The number of fused-ring (bicyclic) bond motifs is 10. The predicted molar refractivity (Wildman–Crippen MR) is 234 cm³/mol. The molecule has 1 fully saturated rings. The van der Waals surface area contributed by atoms with Gasteiger partial charge in [-0.05, 0) is 131 Å². The van der Waals surface area contributed by atoms with E-state index in [1.807, 2.05) is 24.3 Å². The summed E-state index contributed by atoms with van der Waals surface area (Å²) in [6, 6.07) is 36.6. The van der Waals surface area contributed by atoms with E-state index in [1.165, 1.54) is 38.3 Å². The average Bonchev–Trinajstić information content (AvgIpc) is 3.46. The minimum atomic E-state index is -0.952. The van der Waals surface area contributed by atoms with Gasteiger partial charge in [0.05, 0.1) is 20.8 Å². The smallest absolute Gasteiger partial charge is 0.178 e. The lowest BCUT2D eigenvalue weighted by Gasteiger charge is -2.52. The van der Waals surface area contributed by atoms with E-state index < -0.39 is 5.60 Å². The van der Waals surface area contributed by atoms with Crippen LogP contribution in [0, 0.1) is 24.7 Å². The Morgan fingerprint density at radius 1 is 0.702 bits per heavy atom. The summed E-state index contributed by atoms with van der Waals surface area (Å²) in [5.41, 5.74) is 10.9. The molecule has 6 aromatic carbocycles. The number of aryl methyl sites for hydroxylation is 2. The first kappa shape index (κ1) is 37.6. The summed E-state index contributed by atoms with van der Waals surface area (Å²) in [6.45, 7) is 14.1. The fourth-order valence-corrected chi connectivity index (χ4v) is 12.3. The maximum atomic E-state index is 11.1. The predicted octanol–water partition coefficient (Wildman–Crippen LogP) is 13.0. The van der Waals surface area contributed by atoms with Crippen molar-refractivity contribution in [3.05, 3.63) is 154 Å². The lowest BCUT2D eigenvalue weighted by molar-refractivity contribution is 0.0642. The molecule has 1 saturated carbocycles. The lowest BCUT2D eigenvalue weighted by atomic mass is 9.52. The van der Waals surface area contributed by atoms with Crippen LogP contribution in [-0.2, 0) is 17.6 Å². The Labute approximate surface area is 341 Å². The SMILES string of the molecule is COc1ccc(C2(c3ccc(OC)cc3)C=Cc3c4c(c5cc(CO)c(Sc6c(C)cccc6C)cc5c3O2)-c2ccccc2C42CC(C)(C)CC(C)(C)C2)cc1. The fraction of sp³-hybridized carbons (Fsp3) is 0.308. The van der Waals surface area contributed by atoms with Crippen LogP contribution in [0.1, 0.15) is 91.5 Å². The highest BCUT2D eigenvalue weighted by atomic mass is 32.2. The third-order valence-electron chi connectivity index (χ3n) is 12.8. The van der Waals surface area contributed by atoms with Crippen LogP contribution in [0.5, 0.6) is 17.2 Å².